The zero-order valence-electron chi connectivity index (χ0n) is 12.0. The van der Waals surface area contributed by atoms with Gasteiger partial charge in [-0.3, -0.25) is 0 Å². The molecule has 0 unspecified atom stereocenters. The third-order valence-electron chi connectivity index (χ3n) is 2.76. The van der Waals surface area contributed by atoms with Crippen molar-refractivity contribution in [1.82, 2.24) is 0 Å². The number of aromatic carboxylic acids is 4. The lowest BCUT2D eigenvalue weighted by Crippen LogP contribution is -2.14. The van der Waals surface area contributed by atoms with Crippen molar-refractivity contribution in [3.8, 4) is 0 Å². The van der Waals surface area contributed by atoms with E-state index in [2.05, 4.69) is 0 Å². The van der Waals surface area contributed by atoms with Gasteiger partial charge in [-0.1, -0.05) is 24.3 Å². The quantitative estimate of drug-likeness (QED) is 0.665. The maximum absolute atomic E-state index is 10.7. The van der Waals surface area contributed by atoms with Gasteiger partial charge in [-0.2, -0.15) is 0 Å². The third-order valence-corrected chi connectivity index (χ3v) is 2.76. The van der Waals surface area contributed by atoms with E-state index >= 15 is 0 Å². The second kappa shape index (κ2) is 8.08. The van der Waals surface area contributed by atoms with E-state index < -0.39 is 40.6 Å². The Balaban J connectivity index is 0.000000272. The lowest BCUT2D eigenvalue weighted by Gasteiger charge is -2.04. The smallest absolute Gasteiger partial charge is 0.337 e. The van der Waals surface area contributed by atoms with Crippen LogP contribution >= 0.6 is 0 Å². The lowest BCUT2D eigenvalue weighted by molar-refractivity contribution is 0.0633. The highest BCUT2D eigenvalue weighted by Crippen LogP contribution is 2.15. The Bertz CT molecular complexity index is 748. The van der Waals surface area contributed by atoms with Crippen molar-refractivity contribution in [2.24, 2.45) is 0 Å². The monoisotopic (exact) mass is 332 g/mol. The molecule has 4 N–H and O–H groups in total. The Hall–Kier alpha value is -3.68. The summed E-state index contributed by atoms with van der Waals surface area (Å²) in [4.78, 5) is 42.2. The van der Waals surface area contributed by atoms with E-state index in [1.165, 1.54) is 6.07 Å². The van der Waals surface area contributed by atoms with Gasteiger partial charge in [0, 0.05) is 0 Å². The summed E-state index contributed by atoms with van der Waals surface area (Å²) in [6.45, 7) is 0. The average Bonchev–Trinajstić information content (AvgIpc) is 2.55. The van der Waals surface area contributed by atoms with E-state index in [0.29, 0.717) is 5.56 Å². The number of carboxylic acids is 4. The minimum absolute atomic E-state index is 0.331. The largest absolute Gasteiger partial charge is 0.478 e. The first-order valence-corrected chi connectivity index (χ1v) is 6.37. The maximum atomic E-state index is 10.7. The van der Waals surface area contributed by atoms with Gasteiger partial charge in [-0.15, -0.1) is 0 Å². The van der Waals surface area contributed by atoms with Crippen LogP contribution in [0.15, 0.2) is 48.5 Å². The van der Waals surface area contributed by atoms with Crippen LogP contribution in [0.5, 0.6) is 0 Å². The molecular formula is C16H12O8. The van der Waals surface area contributed by atoms with Gasteiger partial charge in [0.2, 0.25) is 0 Å². The van der Waals surface area contributed by atoms with Crippen molar-refractivity contribution in [3.63, 3.8) is 0 Å². The molecular weight excluding hydrogens is 320 g/mol. The van der Waals surface area contributed by atoms with Gasteiger partial charge in [0.05, 0.1) is 22.3 Å². The van der Waals surface area contributed by atoms with Crippen molar-refractivity contribution >= 4 is 23.9 Å². The summed E-state index contributed by atoms with van der Waals surface area (Å²) in [5, 5.41) is 34.4. The summed E-state index contributed by atoms with van der Waals surface area (Å²) in [5.74, 6) is -5.41. The molecule has 2 aromatic rings. The first-order chi connectivity index (χ1) is 11.3. The van der Waals surface area contributed by atoms with Gasteiger partial charge in [-0.05, 0) is 24.3 Å². The highest BCUT2D eigenvalue weighted by atomic mass is 16.4. The van der Waals surface area contributed by atoms with E-state index in [1.54, 1.807) is 30.3 Å². The summed E-state index contributed by atoms with van der Waals surface area (Å²) in [6.07, 6.45) is 0. The van der Waals surface area contributed by atoms with Crippen LogP contribution in [0.25, 0.3) is 0 Å². The van der Waals surface area contributed by atoms with Crippen molar-refractivity contribution in [1.29, 1.82) is 0 Å². The van der Waals surface area contributed by atoms with E-state index in [0.717, 1.165) is 12.1 Å². The molecule has 0 spiro atoms. The van der Waals surface area contributed by atoms with Crippen LogP contribution in [-0.4, -0.2) is 44.3 Å². The Morgan fingerprint density at radius 3 is 1.29 bits per heavy atom. The van der Waals surface area contributed by atoms with E-state index in [1.807, 2.05) is 0 Å². The molecule has 0 aliphatic carbocycles. The number of benzene rings is 2. The van der Waals surface area contributed by atoms with Crippen molar-refractivity contribution < 1.29 is 39.6 Å². The minimum atomic E-state index is -1.58. The lowest BCUT2D eigenvalue weighted by atomic mass is 10.0. The Morgan fingerprint density at radius 1 is 0.542 bits per heavy atom. The molecule has 0 atom stereocenters. The predicted molar refractivity (Wildman–Crippen MR) is 80.7 cm³/mol. The summed E-state index contributed by atoms with van der Waals surface area (Å²) in [6, 6.07) is 11.6. The minimum Gasteiger partial charge on any atom is -0.478 e. The SMILES string of the molecule is O=C(O)c1cccc(C(=O)O)c1C(=O)O.O=C(O)c1ccccc1. The summed E-state index contributed by atoms with van der Waals surface area (Å²) in [7, 11) is 0. The molecule has 2 rings (SSSR count). The molecule has 8 heteroatoms. The van der Waals surface area contributed by atoms with Gasteiger partial charge in [0.15, 0.2) is 0 Å². The van der Waals surface area contributed by atoms with Crippen LogP contribution < -0.4 is 0 Å². The van der Waals surface area contributed by atoms with E-state index in [9.17, 15) is 19.2 Å². The number of hydrogen-bond acceptors (Lipinski definition) is 4. The van der Waals surface area contributed by atoms with Crippen LogP contribution in [-0.2, 0) is 0 Å². The van der Waals surface area contributed by atoms with Crippen molar-refractivity contribution in [3.05, 3.63) is 70.8 Å². The standard InChI is InChI=1S/C9H6O6.C7H6O2/c10-7(11)4-2-1-3-5(8(12)13)6(4)9(14)15;8-7(9)6-4-2-1-3-5-6/h1-3H,(H,10,11)(H,12,13)(H,14,15);1-5H,(H,8,9). The fourth-order valence-electron chi connectivity index (χ4n) is 1.72. The fraction of sp³-hybridized carbons (Fsp3) is 0. The molecule has 0 bridgehead atoms. The third kappa shape index (κ3) is 4.67. The number of hydrogen-bond donors (Lipinski definition) is 4. The Morgan fingerprint density at radius 2 is 1.00 bits per heavy atom. The topological polar surface area (TPSA) is 149 Å². The van der Waals surface area contributed by atoms with Gasteiger partial charge < -0.3 is 20.4 Å². The van der Waals surface area contributed by atoms with Gasteiger partial charge in [0.25, 0.3) is 0 Å². The molecule has 0 aliphatic heterocycles. The van der Waals surface area contributed by atoms with Crippen LogP contribution in [0.2, 0.25) is 0 Å². The molecule has 24 heavy (non-hydrogen) atoms. The normalized spacial score (nSPS) is 9.33. The second-order valence-corrected chi connectivity index (χ2v) is 4.31. The molecule has 8 nitrogen and oxygen atoms in total. The molecule has 124 valence electrons. The Labute approximate surface area is 135 Å². The highest BCUT2D eigenvalue weighted by Gasteiger charge is 2.22. The van der Waals surface area contributed by atoms with Crippen LogP contribution in [0.1, 0.15) is 41.4 Å². The second-order valence-electron chi connectivity index (χ2n) is 4.31. The zero-order chi connectivity index (χ0) is 18.3. The molecule has 0 fully saturated rings. The molecule has 0 saturated heterocycles. The first-order valence-electron chi connectivity index (χ1n) is 6.37. The number of carbonyl (C=O) groups is 4. The van der Waals surface area contributed by atoms with E-state index in [4.69, 9.17) is 20.4 Å². The molecule has 0 heterocycles. The average molecular weight is 332 g/mol. The molecule has 0 saturated carbocycles. The van der Waals surface area contributed by atoms with Crippen LogP contribution in [0.3, 0.4) is 0 Å². The first kappa shape index (κ1) is 18.4. The van der Waals surface area contributed by atoms with Gasteiger partial charge in [-0.25, -0.2) is 19.2 Å². The molecule has 0 aliphatic rings. The van der Waals surface area contributed by atoms with E-state index in [-0.39, 0.29) is 0 Å². The number of carboxylic acid groups (broad SMARTS) is 4. The fourth-order valence-corrected chi connectivity index (χ4v) is 1.72. The van der Waals surface area contributed by atoms with Crippen LogP contribution in [0, 0.1) is 0 Å². The zero-order valence-corrected chi connectivity index (χ0v) is 12.0. The summed E-state index contributed by atoms with van der Waals surface area (Å²) in [5.41, 5.74) is -1.46. The maximum Gasteiger partial charge on any atom is 0.337 e. The summed E-state index contributed by atoms with van der Waals surface area (Å²) < 4.78 is 0. The molecule has 0 radical (unpaired) electrons. The molecule has 0 aromatic heterocycles. The van der Waals surface area contributed by atoms with Crippen LogP contribution in [0.4, 0.5) is 0 Å². The van der Waals surface area contributed by atoms with Crippen molar-refractivity contribution in [2.75, 3.05) is 0 Å². The van der Waals surface area contributed by atoms with Crippen molar-refractivity contribution in [2.45, 2.75) is 0 Å². The summed E-state index contributed by atoms with van der Waals surface area (Å²) >= 11 is 0. The highest BCUT2D eigenvalue weighted by molar-refractivity contribution is 6.09. The molecule has 2 aromatic carbocycles. The predicted octanol–water partition coefficient (Wildman–Crippen LogP) is 2.17. The van der Waals surface area contributed by atoms with Gasteiger partial charge >= 0.3 is 23.9 Å². The molecule has 0 amide bonds. The van der Waals surface area contributed by atoms with Gasteiger partial charge in [0.1, 0.15) is 0 Å². The Kier molecular flexibility index (Phi) is 6.19. The number of rotatable bonds is 4.